The number of sulfone groups is 1. The van der Waals surface area contributed by atoms with E-state index in [1.807, 2.05) is 0 Å². The number of carbonyl (C=O) groups excluding carboxylic acids is 1. The van der Waals surface area contributed by atoms with Gasteiger partial charge in [0.2, 0.25) is 10.0 Å². The molecule has 4 rings (SSSR count). The summed E-state index contributed by atoms with van der Waals surface area (Å²) in [6, 6.07) is 4.45. The monoisotopic (exact) mass is 421 g/mol. The Bertz CT molecular complexity index is 1280. The maximum absolute atomic E-state index is 12.7. The summed E-state index contributed by atoms with van der Waals surface area (Å²) in [4.78, 5) is 16.1. The zero-order valence-corrected chi connectivity index (χ0v) is 17.1. The molecule has 1 amide bonds. The highest BCUT2D eigenvalue weighted by Gasteiger charge is 2.35. The fourth-order valence-corrected chi connectivity index (χ4v) is 6.03. The minimum Gasteiger partial charge on any atom is -0.358 e. The first-order valence-corrected chi connectivity index (χ1v) is 12.0. The molecule has 1 aliphatic heterocycles. The lowest BCUT2D eigenvalue weighted by atomic mass is 9.99. The second-order valence-electron chi connectivity index (χ2n) is 6.93. The number of aromatic nitrogens is 1. The van der Waals surface area contributed by atoms with Gasteiger partial charge in [-0.1, -0.05) is 0 Å². The van der Waals surface area contributed by atoms with Crippen molar-refractivity contribution < 1.29 is 21.6 Å². The summed E-state index contributed by atoms with van der Waals surface area (Å²) >= 11 is 0. The number of rotatable bonds is 3. The van der Waals surface area contributed by atoms with Crippen molar-refractivity contribution in [2.45, 2.75) is 29.6 Å². The Morgan fingerprint density at radius 3 is 2.46 bits per heavy atom. The molecule has 0 fully saturated rings. The van der Waals surface area contributed by atoms with Crippen LogP contribution in [0.5, 0.6) is 0 Å². The van der Waals surface area contributed by atoms with Gasteiger partial charge < -0.3 is 10.3 Å². The highest BCUT2D eigenvalue weighted by Crippen LogP contribution is 2.45. The number of hydrogen-bond donors (Lipinski definition) is 3. The minimum atomic E-state index is -3.67. The quantitative estimate of drug-likeness (QED) is 0.647. The number of amides is 1. The van der Waals surface area contributed by atoms with Gasteiger partial charge in [0.25, 0.3) is 5.91 Å². The maximum Gasteiger partial charge on any atom is 0.256 e. The number of anilines is 1. The molecule has 0 saturated heterocycles. The van der Waals surface area contributed by atoms with Crippen LogP contribution in [-0.4, -0.2) is 41.0 Å². The van der Waals surface area contributed by atoms with Crippen LogP contribution in [0.25, 0.3) is 11.1 Å². The predicted molar refractivity (Wildman–Crippen MR) is 105 cm³/mol. The van der Waals surface area contributed by atoms with Crippen LogP contribution in [0.15, 0.2) is 28.0 Å². The number of H-pyrrole nitrogens is 1. The molecule has 1 aromatic carbocycles. The van der Waals surface area contributed by atoms with E-state index < -0.39 is 19.9 Å². The number of benzene rings is 1. The van der Waals surface area contributed by atoms with Crippen LogP contribution < -0.4 is 10.0 Å². The topological polar surface area (TPSA) is 125 Å². The molecule has 0 unspecified atom stereocenters. The third-order valence-corrected chi connectivity index (χ3v) is 7.85. The zero-order valence-electron chi connectivity index (χ0n) is 15.5. The molecule has 0 saturated carbocycles. The summed E-state index contributed by atoms with van der Waals surface area (Å²) in [6.45, 7) is 1.69. The van der Waals surface area contributed by atoms with E-state index in [1.54, 1.807) is 13.0 Å². The number of allylic oxidation sites excluding steroid dienone is 1. The molecule has 148 valence electrons. The number of fused-ring (bicyclic) bond motifs is 2. The highest BCUT2D eigenvalue weighted by molar-refractivity contribution is 7.90. The summed E-state index contributed by atoms with van der Waals surface area (Å²) in [5, 5.41) is 2.76. The number of sulfonamides is 1. The molecule has 0 atom stereocenters. The normalized spacial score (nSPS) is 18.9. The van der Waals surface area contributed by atoms with E-state index in [9.17, 15) is 21.6 Å². The highest BCUT2D eigenvalue weighted by atomic mass is 32.2. The van der Waals surface area contributed by atoms with Crippen molar-refractivity contribution >= 4 is 42.6 Å². The Hall–Kier alpha value is -2.43. The van der Waals surface area contributed by atoms with Crippen molar-refractivity contribution in [3.63, 3.8) is 0 Å². The number of carbonyl (C=O) groups is 1. The molecule has 1 aromatic heterocycles. The number of hydrogen-bond acceptors (Lipinski definition) is 5. The first-order valence-electron chi connectivity index (χ1n) is 8.59. The van der Waals surface area contributed by atoms with E-state index >= 15 is 0 Å². The van der Waals surface area contributed by atoms with E-state index in [1.165, 1.54) is 25.4 Å². The lowest BCUT2D eigenvalue weighted by Crippen LogP contribution is -2.18. The van der Waals surface area contributed by atoms with Gasteiger partial charge in [0, 0.05) is 28.9 Å². The Kier molecular flexibility index (Phi) is 4.07. The van der Waals surface area contributed by atoms with Gasteiger partial charge in [-0.15, -0.1) is 0 Å². The molecular formula is C18H19N3O5S2. The molecule has 8 nitrogen and oxygen atoms in total. The Morgan fingerprint density at radius 2 is 1.82 bits per heavy atom. The van der Waals surface area contributed by atoms with E-state index in [-0.39, 0.29) is 15.7 Å². The summed E-state index contributed by atoms with van der Waals surface area (Å²) in [5.41, 5.74) is 3.96. The first-order chi connectivity index (χ1) is 13.0. The number of nitrogens with one attached hydrogen (secondary N) is 3. The van der Waals surface area contributed by atoms with Crippen LogP contribution in [0.4, 0.5) is 5.69 Å². The van der Waals surface area contributed by atoms with Crippen molar-refractivity contribution in [2.24, 2.45) is 0 Å². The Balaban J connectivity index is 1.96. The minimum absolute atomic E-state index is 0.0565. The molecule has 2 aliphatic rings. The average Bonchev–Trinajstić information content (AvgIpc) is 3.23. The first kappa shape index (κ1) is 18.9. The molecule has 0 spiro atoms. The van der Waals surface area contributed by atoms with Gasteiger partial charge in [-0.2, -0.15) is 0 Å². The van der Waals surface area contributed by atoms with Crippen LogP contribution in [0.3, 0.4) is 0 Å². The van der Waals surface area contributed by atoms with Crippen molar-refractivity contribution in [1.29, 1.82) is 0 Å². The summed E-state index contributed by atoms with van der Waals surface area (Å²) < 4.78 is 50.9. The second kappa shape index (κ2) is 6.03. The summed E-state index contributed by atoms with van der Waals surface area (Å²) in [5.74, 6) is -0.329. The standard InChI is InChI=1S/C18H19N3O5S2/c1-9-17(27(3,23)24)12-6-5-11(16(12)20-9)15-13-8-10(28(25,26)19-2)4-7-14(13)21-18(15)22/h4,7-8,19-20H,5-6H2,1-3H3,(H,21,22). The molecule has 10 heteroatoms. The van der Waals surface area contributed by atoms with E-state index in [0.29, 0.717) is 52.2 Å². The van der Waals surface area contributed by atoms with Crippen LogP contribution in [-0.2, 0) is 31.1 Å². The van der Waals surface area contributed by atoms with E-state index in [4.69, 9.17) is 0 Å². The Morgan fingerprint density at radius 1 is 1.11 bits per heavy atom. The molecule has 0 bridgehead atoms. The van der Waals surface area contributed by atoms with Crippen LogP contribution in [0.2, 0.25) is 0 Å². The van der Waals surface area contributed by atoms with Crippen LogP contribution in [0.1, 0.15) is 28.9 Å². The third-order valence-electron chi connectivity index (χ3n) is 5.14. The van der Waals surface area contributed by atoms with E-state index in [2.05, 4.69) is 15.0 Å². The number of aryl methyl sites for hydroxylation is 1. The molecule has 3 N–H and O–H groups in total. The van der Waals surface area contributed by atoms with Gasteiger partial charge in [-0.05, 0) is 56.1 Å². The Labute approximate surface area is 163 Å². The zero-order chi connectivity index (χ0) is 20.4. The van der Waals surface area contributed by atoms with Gasteiger partial charge >= 0.3 is 0 Å². The number of aromatic amines is 1. The molecule has 0 radical (unpaired) electrons. The largest absolute Gasteiger partial charge is 0.358 e. The van der Waals surface area contributed by atoms with Crippen molar-refractivity contribution in [3.05, 3.63) is 40.7 Å². The fourth-order valence-electron chi connectivity index (χ4n) is 4.01. The lowest BCUT2D eigenvalue weighted by Gasteiger charge is -2.07. The summed E-state index contributed by atoms with van der Waals surface area (Å²) in [7, 11) is -5.75. The van der Waals surface area contributed by atoms with Crippen LogP contribution >= 0.6 is 0 Å². The predicted octanol–water partition coefficient (Wildman–Crippen LogP) is 1.44. The SMILES string of the molecule is CNS(=O)(=O)c1ccc2c(c1)C(=C1CCc3c1[nH]c(C)c3S(C)(=O)=O)C(=O)N2. The third kappa shape index (κ3) is 2.71. The molecule has 2 heterocycles. The summed E-state index contributed by atoms with van der Waals surface area (Å²) in [6.07, 6.45) is 2.16. The molecule has 2 aromatic rings. The van der Waals surface area contributed by atoms with Gasteiger partial charge in [-0.3, -0.25) is 4.79 Å². The maximum atomic E-state index is 12.7. The van der Waals surface area contributed by atoms with E-state index in [0.717, 1.165) is 0 Å². The van der Waals surface area contributed by atoms with Crippen molar-refractivity contribution in [2.75, 3.05) is 18.6 Å². The van der Waals surface area contributed by atoms with Gasteiger partial charge in [0.1, 0.15) is 0 Å². The fraction of sp³-hybridized carbons (Fsp3) is 0.278. The molecular weight excluding hydrogens is 402 g/mol. The van der Waals surface area contributed by atoms with Crippen molar-refractivity contribution in [3.8, 4) is 0 Å². The van der Waals surface area contributed by atoms with Gasteiger partial charge in [0.05, 0.1) is 15.4 Å². The second-order valence-corrected chi connectivity index (χ2v) is 10.8. The van der Waals surface area contributed by atoms with Gasteiger partial charge in [0.15, 0.2) is 9.84 Å². The lowest BCUT2D eigenvalue weighted by molar-refractivity contribution is -0.110. The van der Waals surface area contributed by atoms with Crippen molar-refractivity contribution in [1.82, 2.24) is 9.71 Å². The smallest absolute Gasteiger partial charge is 0.256 e. The van der Waals surface area contributed by atoms with Crippen LogP contribution in [0, 0.1) is 6.92 Å². The molecule has 28 heavy (non-hydrogen) atoms. The van der Waals surface area contributed by atoms with Gasteiger partial charge in [-0.25, -0.2) is 21.6 Å². The molecule has 1 aliphatic carbocycles. The average molecular weight is 422 g/mol.